The zero-order valence-electron chi connectivity index (χ0n) is 12.0. The van der Waals surface area contributed by atoms with Gasteiger partial charge in [0.2, 0.25) is 0 Å². The molecule has 0 saturated carbocycles. The van der Waals surface area contributed by atoms with Crippen molar-refractivity contribution in [2.24, 2.45) is 0 Å². The smallest absolute Gasteiger partial charge is 2.00 e. The van der Waals surface area contributed by atoms with Gasteiger partial charge in [0.1, 0.15) is 4.32 Å². The average molecular weight is 359 g/mol. The summed E-state index contributed by atoms with van der Waals surface area (Å²) in [6.45, 7) is 6.67. The molecule has 0 spiro atoms. The maximum Gasteiger partial charge on any atom is 2.00 e. The second-order valence-corrected chi connectivity index (χ2v) is 5.50. The normalized spacial score (nSPS) is 9.28. The molecule has 0 aliphatic carbocycles. The summed E-state index contributed by atoms with van der Waals surface area (Å²) in [5.74, 6) is 0. The van der Waals surface area contributed by atoms with Gasteiger partial charge in [-0.2, -0.15) is 0 Å². The van der Waals surface area contributed by atoms with Crippen LogP contribution >= 0.6 is 24.8 Å². The Hall–Kier alpha value is 1.21. The molecule has 0 atom stereocenters. The molecule has 0 aliphatic rings. The van der Waals surface area contributed by atoms with E-state index in [1.165, 1.54) is 51.4 Å². The van der Waals surface area contributed by atoms with Gasteiger partial charge in [-0.05, 0) is 12.8 Å². The minimum Gasteiger partial charge on any atom is -2.00 e. The maximum atomic E-state index is 5.16. The number of hydrogen-bond acceptors (Lipinski definition) is 1. The van der Waals surface area contributed by atoms with Crippen LogP contribution in [0.4, 0.5) is 0 Å². The van der Waals surface area contributed by atoms with Crippen LogP contribution < -0.4 is 0 Å². The Balaban J connectivity index is -0.00000112. The van der Waals surface area contributed by atoms with Crippen LogP contribution in [-0.4, -0.2) is 22.3 Å². The van der Waals surface area contributed by atoms with E-state index >= 15 is 0 Å². The van der Waals surface area contributed by atoms with Gasteiger partial charge in [-0.1, -0.05) is 64.6 Å². The van der Waals surface area contributed by atoms with Gasteiger partial charge in [0, 0.05) is 13.1 Å². The molecule has 0 fully saturated rings. The van der Waals surface area contributed by atoms with Crippen LogP contribution in [0.2, 0.25) is 0 Å². The Morgan fingerprint density at radius 2 is 1.28 bits per heavy atom. The first-order valence-corrected chi connectivity index (χ1v) is 7.55. The van der Waals surface area contributed by atoms with Gasteiger partial charge in [-0.15, -0.1) is 12.6 Å². The first kappa shape index (κ1) is 24.2. The van der Waals surface area contributed by atoms with Crippen molar-refractivity contribution in [3.05, 3.63) is 0 Å². The summed E-state index contributed by atoms with van der Waals surface area (Å²) in [5, 5.41) is 0. The van der Waals surface area contributed by atoms with Crippen molar-refractivity contribution in [3.8, 4) is 0 Å². The Morgan fingerprint density at radius 1 is 0.889 bits per heavy atom. The van der Waals surface area contributed by atoms with Gasteiger partial charge in [-0.25, -0.2) is 0 Å². The second-order valence-electron chi connectivity index (χ2n) is 4.39. The minimum atomic E-state index is 0. The van der Waals surface area contributed by atoms with Crippen LogP contribution in [0.15, 0.2) is 0 Å². The molecule has 0 aromatic carbocycles. The fourth-order valence-electron chi connectivity index (χ4n) is 1.76. The van der Waals surface area contributed by atoms with Crippen LogP contribution in [0.3, 0.4) is 0 Å². The monoisotopic (exact) mass is 357 g/mol. The number of thiocarbonyl (C=S) groups is 1. The third kappa shape index (κ3) is 15.3. The van der Waals surface area contributed by atoms with E-state index in [0.717, 1.165) is 17.4 Å². The van der Waals surface area contributed by atoms with Crippen molar-refractivity contribution in [1.29, 1.82) is 0 Å². The molecule has 1 nitrogen and oxygen atoms in total. The van der Waals surface area contributed by atoms with Crippen molar-refractivity contribution in [2.45, 2.75) is 65.2 Å². The number of thiol groups is 1. The molecule has 0 saturated heterocycles. The molecule has 104 valence electrons. The third-order valence-corrected chi connectivity index (χ3v) is 3.37. The first-order valence-electron chi connectivity index (χ1n) is 6.70. The Morgan fingerprint density at radius 3 is 1.56 bits per heavy atom. The van der Waals surface area contributed by atoms with E-state index in [0.29, 0.717) is 0 Å². The van der Waals surface area contributed by atoms with Crippen LogP contribution in [-0.2, 0) is 33.0 Å². The quantitative estimate of drug-likeness (QED) is 0.262. The van der Waals surface area contributed by atoms with E-state index in [-0.39, 0.29) is 33.0 Å². The molecule has 0 heterocycles. The van der Waals surface area contributed by atoms with Gasteiger partial charge in [0.15, 0.2) is 0 Å². The fraction of sp³-hybridized carbons (Fsp3) is 0.923. The molecule has 0 aromatic heterocycles. The number of unbranched alkanes of at least 4 members (excludes halogenated alkanes) is 6. The van der Waals surface area contributed by atoms with Crippen LogP contribution in [0.25, 0.3) is 0 Å². The Kier molecular flexibility index (Phi) is 24.5. The molecule has 0 unspecified atom stereocenters. The average Bonchev–Trinajstić information content (AvgIpc) is 2.26. The van der Waals surface area contributed by atoms with E-state index in [4.69, 9.17) is 12.2 Å². The standard InChI is InChI=1S/C13H27NS2.S.Zn/c1-3-5-7-9-11-14(13(15)16)12-10-8-6-4-2;;/h3-12H2,1-2H3,(H,15,16);;/q;-2;+2. The Bertz CT molecular complexity index is 168. The van der Waals surface area contributed by atoms with E-state index in [1.54, 1.807) is 0 Å². The Labute approximate surface area is 144 Å². The van der Waals surface area contributed by atoms with Crippen molar-refractivity contribution in [1.82, 2.24) is 4.90 Å². The van der Waals surface area contributed by atoms with E-state index in [2.05, 4.69) is 31.4 Å². The summed E-state index contributed by atoms with van der Waals surface area (Å²) in [6, 6.07) is 0. The zero-order chi connectivity index (χ0) is 12.2. The molecule has 0 bridgehead atoms. The molecule has 18 heavy (non-hydrogen) atoms. The molecule has 0 radical (unpaired) electrons. The van der Waals surface area contributed by atoms with E-state index in [1.807, 2.05) is 0 Å². The van der Waals surface area contributed by atoms with E-state index in [9.17, 15) is 0 Å². The molecule has 0 N–H and O–H groups in total. The summed E-state index contributed by atoms with van der Waals surface area (Å²) in [6.07, 6.45) is 10.4. The molecule has 5 heteroatoms. The predicted molar refractivity (Wildman–Crippen MR) is 88.8 cm³/mol. The van der Waals surface area contributed by atoms with Crippen molar-refractivity contribution in [2.75, 3.05) is 13.1 Å². The molecular formula is C13H27NS3Zn. The fourth-order valence-corrected chi connectivity index (χ4v) is 2.14. The van der Waals surface area contributed by atoms with Gasteiger partial charge in [0.05, 0.1) is 0 Å². The summed E-state index contributed by atoms with van der Waals surface area (Å²) < 4.78 is 0.771. The van der Waals surface area contributed by atoms with Crippen molar-refractivity contribution in [3.63, 3.8) is 0 Å². The molecular weight excluding hydrogens is 332 g/mol. The van der Waals surface area contributed by atoms with E-state index < -0.39 is 0 Å². The van der Waals surface area contributed by atoms with Gasteiger partial charge in [0.25, 0.3) is 0 Å². The number of nitrogens with zero attached hydrogens (tertiary/aromatic N) is 1. The first-order chi connectivity index (χ1) is 7.72. The predicted octanol–water partition coefficient (Wildman–Crippen LogP) is 4.66. The zero-order valence-corrected chi connectivity index (χ0v) is 17.5. The third-order valence-electron chi connectivity index (χ3n) is 2.83. The van der Waals surface area contributed by atoms with Crippen LogP contribution in [0, 0.1) is 0 Å². The number of hydrogen-bond donors (Lipinski definition) is 1. The molecule has 0 amide bonds. The van der Waals surface area contributed by atoms with Crippen molar-refractivity contribution < 1.29 is 19.5 Å². The molecule has 0 rings (SSSR count). The topological polar surface area (TPSA) is 3.24 Å². The van der Waals surface area contributed by atoms with Gasteiger partial charge in [-0.3, -0.25) is 0 Å². The van der Waals surface area contributed by atoms with Crippen molar-refractivity contribution >= 4 is 42.7 Å². The van der Waals surface area contributed by atoms with Crippen LogP contribution in [0.1, 0.15) is 65.2 Å². The molecule has 0 aromatic rings. The largest absolute Gasteiger partial charge is 2.00 e. The number of rotatable bonds is 10. The second kappa shape index (κ2) is 18.2. The maximum absolute atomic E-state index is 5.16. The van der Waals surface area contributed by atoms with Crippen LogP contribution in [0.5, 0.6) is 0 Å². The minimum absolute atomic E-state index is 0. The van der Waals surface area contributed by atoms with Gasteiger partial charge < -0.3 is 18.4 Å². The molecule has 0 aliphatic heterocycles. The van der Waals surface area contributed by atoms with Gasteiger partial charge >= 0.3 is 19.5 Å². The summed E-state index contributed by atoms with van der Waals surface area (Å²) in [5.41, 5.74) is 0. The SMILES string of the molecule is CCCCCCN(CCCCCC)C(=S)S.[S-2].[Zn+2]. The summed E-state index contributed by atoms with van der Waals surface area (Å²) in [7, 11) is 0. The summed E-state index contributed by atoms with van der Waals surface area (Å²) >= 11 is 9.46. The summed E-state index contributed by atoms with van der Waals surface area (Å²) in [4.78, 5) is 2.25.